The van der Waals surface area contributed by atoms with E-state index in [4.69, 9.17) is 4.74 Å². The molecule has 5 heteroatoms. The number of cyclic esters (lactones) is 1. The molecule has 0 spiro atoms. The molecule has 96 valence electrons. The largest absolute Gasteiger partial charge is 0.447 e. The van der Waals surface area contributed by atoms with Crippen molar-refractivity contribution in [2.45, 2.75) is 24.6 Å². The number of ether oxygens (including phenoxy) is 1. The van der Waals surface area contributed by atoms with Gasteiger partial charge in [0.25, 0.3) is 0 Å². The van der Waals surface area contributed by atoms with Crippen molar-refractivity contribution < 1.29 is 14.3 Å². The number of imide groups is 1. The van der Waals surface area contributed by atoms with Gasteiger partial charge >= 0.3 is 6.09 Å². The molecular formula is C13H15NO3S. The fourth-order valence-electron chi connectivity index (χ4n) is 1.92. The van der Waals surface area contributed by atoms with Gasteiger partial charge < -0.3 is 4.74 Å². The quantitative estimate of drug-likeness (QED) is 0.854. The van der Waals surface area contributed by atoms with Gasteiger partial charge in [-0.15, -0.1) is 0 Å². The molecule has 1 heterocycles. The van der Waals surface area contributed by atoms with E-state index in [1.807, 2.05) is 30.3 Å². The number of nitrogens with zero attached hydrogens (tertiary/aromatic N) is 1. The van der Waals surface area contributed by atoms with Crippen molar-refractivity contribution in [3.8, 4) is 0 Å². The third-order valence-corrected chi connectivity index (χ3v) is 3.39. The summed E-state index contributed by atoms with van der Waals surface area (Å²) in [7, 11) is 0. The fourth-order valence-corrected chi connectivity index (χ4v) is 2.25. The summed E-state index contributed by atoms with van der Waals surface area (Å²) < 4.78 is 4.83. The number of hydrogen-bond acceptors (Lipinski definition) is 4. The summed E-state index contributed by atoms with van der Waals surface area (Å²) in [5, 5.41) is -0.209. The second-order valence-corrected chi connectivity index (χ2v) is 4.94. The van der Waals surface area contributed by atoms with Gasteiger partial charge in [0.15, 0.2) is 0 Å². The first-order chi connectivity index (χ1) is 8.59. The van der Waals surface area contributed by atoms with Crippen molar-refractivity contribution in [2.24, 2.45) is 0 Å². The van der Waals surface area contributed by atoms with Crippen molar-refractivity contribution in [1.82, 2.24) is 4.90 Å². The smallest absolute Gasteiger partial charge is 0.416 e. The maximum Gasteiger partial charge on any atom is 0.416 e. The normalized spacial score (nSPS) is 20.7. The molecule has 2 rings (SSSR count). The van der Waals surface area contributed by atoms with Crippen LogP contribution < -0.4 is 0 Å². The van der Waals surface area contributed by atoms with Crippen LogP contribution in [0, 0.1) is 0 Å². The number of thiol groups is 1. The molecule has 0 aliphatic carbocycles. The maximum absolute atomic E-state index is 12.0. The van der Waals surface area contributed by atoms with E-state index in [9.17, 15) is 9.59 Å². The summed E-state index contributed by atoms with van der Waals surface area (Å²) in [4.78, 5) is 24.6. The van der Waals surface area contributed by atoms with E-state index in [0.29, 0.717) is 0 Å². The van der Waals surface area contributed by atoms with Gasteiger partial charge in [0.05, 0.1) is 6.04 Å². The van der Waals surface area contributed by atoms with Crippen LogP contribution in [0.2, 0.25) is 0 Å². The second-order valence-electron chi connectivity index (χ2n) is 4.32. The number of amides is 2. The maximum atomic E-state index is 12.0. The second kappa shape index (κ2) is 5.44. The average molecular weight is 265 g/mol. The van der Waals surface area contributed by atoms with Gasteiger partial charge in [0.2, 0.25) is 5.91 Å². The highest BCUT2D eigenvalue weighted by molar-refractivity contribution is 7.80. The van der Waals surface area contributed by atoms with Crippen molar-refractivity contribution >= 4 is 24.6 Å². The average Bonchev–Trinajstić information content (AvgIpc) is 2.70. The summed E-state index contributed by atoms with van der Waals surface area (Å²) in [5.74, 6) is -0.242. The zero-order valence-electron chi connectivity index (χ0n) is 10.1. The molecular weight excluding hydrogens is 250 g/mol. The molecule has 4 nitrogen and oxygen atoms in total. The highest BCUT2D eigenvalue weighted by Crippen LogP contribution is 2.25. The van der Waals surface area contributed by atoms with Crippen molar-refractivity contribution in [1.29, 1.82) is 0 Å². The number of carbonyl (C=O) groups excluding carboxylic acids is 2. The van der Waals surface area contributed by atoms with Crippen LogP contribution in [0.5, 0.6) is 0 Å². The highest BCUT2D eigenvalue weighted by atomic mass is 32.1. The van der Waals surface area contributed by atoms with Gasteiger partial charge in [-0.3, -0.25) is 4.79 Å². The van der Waals surface area contributed by atoms with E-state index in [-0.39, 0.29) is 30.2 Å². The van der Waals surface area contributed by atoms with Crippen molar-refractivity contribution in [2.75, 3.05) is 6.61 Å². The SMILES string of the molecule is CC1COC(=O)N1C(=O)CC(S)c1ccccc1. The van der Waals surface area contributed by atoms with Gasteiger partial charge in [-0.1, -0.05) is 30.3 Å². The molecule has 0 bridgehead atoms. The highest BCUT2D eigenvalue weighted by Gasteiger charge is 2.35. The molecule has 1 aliphatic heterocycles. The molecule has 2 unspecified atom stereocenters. The van der Waals surface area contributed by atoms with Gasteiger partial charge in [-0.2, -0.15) is 12.6 Å². The first-order valence-electron chi connectivity index (χ1n) is 5.81. The Morgan fingerprint density at radius 3 is 2.72 bits per heavy atom. The van der Waals surface area contributed by atoms with Gasteiger partial charge in [-0.05, 0) is 12.5 Å². The van der Waals surface area contributed by atoms with E-state index in [2.05, 4.69) is 12.6 Å². The van der Waals surface area contributed by atoms with Crippen LogP contribution in [0.4, 0.5) is 4.79 Å². The number of carbonyl (C=O) groups is 2. The zero-order chi connectivity index (χ0) is 13.1. The summed E-state index contributed by atoms with van der Waals surface area (Å²) in [6, 6.07) is 9.34. The molecule has 1 saturated heterocycles. The Morgan fingerprint density at radius 2 is 2.17 bits per heavy atom. The van der Waals surface area contributed by atoms with Gasteiger partial charge in [0, 0.05) is 11.7 Å². The van der Waals surface area contributed by atoms with Crippen LogP contribution in [0.3, 0.4) is 0 Å². The predicted molar refractivity (Wildman–Crippen MR) is 70.4 cm³/mol. The van der Waals surface area contributed by atoms with Gasteiger partial charge in [0.1, 0.15) is 6.61 Å². The summed E-state index contributed by atoms with van der Waals surface area (Å²) in [6.45, 7) is 2.06. The fraction of sp³-hybridized carbons (Fsp3) is 0.385. The van der Waals surface area contributed by atoms with Crippen LogP contribution >= 0.6 is 12.6 Å². The zero-order valence-corrected chi connectivity index (χ0v) is 11.0. The van der Waals surface area contributed by atoms with Crippen LogP contribution in [-0.2, 0) is 9.53 Å². The van der Waals surface area contributed by atoms with Crippen LogP contribution in [-0.4, -0.2) is 29.5 Å². The first-order valence-corrected chi connectivity index (χ1v) is 6.33. The third kappa shape index (κ3) is 2.67. The van der Waals surface area contributed by atoms with E-state index in [0.717, 1.165) is 5.56 Å². The van der Waals surface area contributed by atoms with E-state index in [1.165, 1.54) is 4.90 Å². The minimum atomic E-state index is -0.555. The number of rotatable bonds is 3. The molecule has 1 fully saturated rings. The number of benzene rings is 1. The Balaban J connectivity index is 2.01. The Hall–Kier alpha value is -1.49. The molecule has 0 aromatic heterocycles. The van der Waals surface area contributed by atoms with E-state index in [1.54, 1.807) is 6.92 Å². The summed E-state index contributed by atoms with van der Waals surface area (Å²) >= 11 is 4.41. The van der Waals surface area contributed by atoms with Gasteiger partial charge in [-0.25, -0.2) is 9.69 Å². The molecule has 1 aliphatic rings. The molecule has 1 aromatic rings. The monoisotopic (exact) mass is 265 g/mol. The molecule has 2 amide bonds. The lowest BCUT2D eigenvalue weighted by atomic mass is 10.1. The Bertz CT molecular complexity index is 449. The number of hydrogen-bond donors (Lipinski definition) is 1. The van der Waals surface area contributed by atoms with Crippen LogP contribution in [0.25, 0.3) is 0 Å². The minimum absolute atomic E-state index is 0.187. The summed E-state index contributed by atoms with van der Waals surface area (Å²) in [6.07, 6.45) is -0.367. The predicted octanol–water partition coefficient (Wildman–Crippen LogP) is 2.41. The molecule has 18 heavy (non-hydrogen) atoms. The van der Waals surface area contributed by atoms with Crippen molar-refractivity contribution in [3.05, 3.63) is 35.9 Å². The molecule has 1 aromatic carbocycles. The van der Waals surface area contributed by atoms with Crippen molar-refractivity contribution in [3.63, 3.8) is 0 Å². The molecule has 2 atom stereocenters. The summed E-state index contributed by atoms with van der Waals surface area (Å²) in [5.41, 5.74) is 0.967. The lowest BCUT2D eigenvalue weighted by Gasteiger charge is -2.18. The Morgan fingerprint density at radius 1 is 1.50 bits per heavy atom. The van der Waals surface area contributed by atoms with Crippen LogP contribution in [0.15, 0.2) is 30.3 Å². The lowest BCUT2D eigenvalue weighted by Crippen LogP contribution is -2.37. The lowest BCUT2D eigenvalue weighted by molar-refractivity contribution is -0.128. The first kappa shape index (κ1) is 13.0. The molecule has 0 radical (unpaired) electrons. The Labute approximate surface area is 111 Å². The third-order valence-electron chi connectivity index (χ3n) is 2.91. The Kier molecular flexibility index (Phi) is 3.91. The standard InChI is InChI=1S/C13H15NO3S/c1-9-8-17-13(16)14(9)12(15)7-11(18)10-5-3-2-4-6-10/h2-6,9,11,18H,7-8H2,1H3. The van der Waals surface area contributed by atoms with Crippen LogP contribution in [0.1, 0.15) is 24.2 Å². The topological polar surface area (TPSA) is 46.6 Å². The van der Waals surface area contributed by atoms with E-state index < -0.39 is 6.09 Å². The molecule has 0 saturated carbocycles. The minimum Gasteiger partial charge on any atom is -0.447 e. The molecule has 0 N–H and O–H groups in total. The van der Waals surface area contributed by atoms with E-state index >= 15 is 0 Å².